The summed E-state index contributed by atoms with van der Waals surface area (Å²) in [6.07, 6.45) is 2.27. The number of methoxy groups -OCH3 is 1. The fraction of sp³-hybridized carbons (Fsp3) is 0.923. The van der Waals surface area contributed by atoms with E-state index in [-0.39, 0.29) is 11.9 Å². The highest BCUT2D eigenvalue weighted by Crippen LogP contribution is 2.17. The first-order valence-electron chi connectivity index (χ1n) is 6.95. The maximum atomic E-state index is 12.4. The zero-order chi connectivity index (χ0) is 13.0. The van der Waals surface area contributed by atoms with E-state index in [0.717, 1.165) is 39.2 Å². The van der Waals surface area contributed by atoms with Crippen LogP contribution in [0.15, 0.2) is 0 Å². The maximum absolute atomic E-state index is 12.4. The van der Waals surface area contributed by atoms with Crippen molar-refractivity contribution in [3.8, 4) is 0 Å². The highest BCUT2D eigenvalue weighted by Gasteiger charge is 2.30. The third kappa shape index (κ3) is 3.43. The molecule has 3 atom stereocenters. The molecule has 2 fully saturated rings. The Kier molecular flexibility index (Phi) is 4.97. The molecule has 2 N–H and O–H groups in total. The molecule has 2 aliphatic rings. The van der Waals surface area contributed by atoms with Gasteiger partial charge in [-0.15, -0.1) is 0 Å². The molecule has 0 aromatic rings. The van der Waals surface area contributed by atoms with Gasteiger partial charge in [0.2, 0.25) is 5.91 Å². The number of nitrogens with one attached hydrogen (secondary N) is 2. The van der Waals surface area contributed by atoms with Crippen LogP contribution in [0.1, 0.15) is 19.8 Å². The molecule has 0 spiro atoms. The van der Waals surface area contributed by atoms with E-state index < -0.39 is 0 Å². The molecule has 0 aromatic heterocycles. The monoisotopic (exact) mass is 255 g/mol. The Balaban J connectivity index is 1.84. The van der Waals surface area contributed by atoms with Crippen molar-refractivity contribution < 1.29 is 9.53 Å². The van der Waals surface area contributed by atoms with Gasteiger partial charge in [0.15, 0.2) is 0 Å². The van der Waals surface area contributed by atoms with E-state index in [2.05, 4.69) is 17.6 Å². The van der Waals surface area contributed by atoms with Crippen molar-refractivity contribution in [2.45, 2.75) is 31.8 Å². The minimum absolute atomic E-state index is 0.0532. The van der Waals surface area contributed by atoms with E-state index in [1.54, 1.807) is 7.11 Å². The second kappa shape index (κ2) is 6.50. The van der Waals surface area contributed by atoms with E-state index in [9.17, 15) is 4.79 Å². The Bertz CT molecular complexity index is 275. The van der Waals surface area contributed by atoms with E-state index >= 15 is 0 Å². The van der Waals surface area contributed by atoms with Crippen molar-refractivity contribution in [3.63, 3.8) is 0 Å². The van der Waals surface area contributed by atoms with Crippen molar-refractivity contribution in [2.24, 2.45) is 5.92 Å². The molecule has 0 aliphatic carbocycles. The summed E-state index contributed by atoms with van der Waals surface area (Å²) in [4.78, 5) is 14.4. The number of hydrogen-bond donors (Lipinski definition) is 2. The number of likely N-dealkylation sites (tertiary alicyclic amines) is 1. The third-order valence-electron chi connectivity index (χ3n) is 3.87. The van der Waals surface area contributed by atoms with Crippen LogP contribution in [0.2, 0.25) is 0 Å². The Labute approximate surface area is 109 Å². The Morgan fingerprint density at radius 2 is 2.22 bits per heavy atom. The summed E-state index contributed by atoms with van der Waals surface area (Å²) in [6.45, 7) is 6.24. The molecule has 5 heteroatoms. The molecule has 0 aromatic carbocycles. The molecule has 3 unspecified atom stereocenters. The molecule has 2 heterocycles. The van der Waals surface area contributed by atoms with Crippen LogP contribution in [0.25, 0.3) is 0 Å². The predicted octanol–water partition coefficient (Wildman–Crippen LogP) is -0.179. The molecule has 1 amide bonds. The standard InChI is InChI=1S/C13H25N3O2/c1-10-6-15-12(7-14-10)13(17)16-5-3-4-11(8-16)9-18-2/h10-12,14-15H,3-9H2,1-2H3. The zero-order valence-corrected chi connectivity index (χ0v) is 11.4. The zero-order valence-electron chi connectivity index (χ0n) is 11.4. The predicted molar refractivity (Wildman–Crippen MR) is 70.4 cm³/mol. The van der Waals surface area contributed by atoms with Crippen LogP contribution in [0, 0.1) is 5.92 Å². The smallest absolute Gasteiger partial charge is 0.241 e. The van der Waals surface area contributed by atoms with Gasteiger partial charge in [0.25, 0.3) is 0 Å². The van der Waals surface area contributed by atoms with E-state index in [4.69, 9.17) is 4.74 Å². The first-order chi connectivity index (χ1) is 8.70. The number of hydrogen-bond acceptors (Lipinski definition) is 4. The second-order valence-corrected chi connectivity index (χ2v) is 5.52. The Morgan fingerprint density at radius 1 is 1.39 bits per heavy atom. The Morgan fingerprint density at radius 3 is 2.89 bits per heavy atom. The molecule has 0 saturated carbocycles. The number of carbonyl (C=O) groups is 1. The van der Waals surface area contributed by atoms with Crippen molar-refractivity contribution in [2.75, 3.05) is 39.9 Å². The van der Waals surface area contributed by atoms with Crippen LogP contribution < -0.4 is 10.6 Å². The lowest BCUT2D eigenvalue weighted by molar-refractivity contribution is -0.136. The number of piperidine rings is 1. The van der Waals surface area contributed by atoms with Gasteiger partial charge in [-0.05, 0) is 25.7 Å². The molecule has 0 bridgehead atoms. The Hall–Kier alpha value is -0.650. The number of rotatable bonds is 3. The van der Waals surface area contributed by atoms with Gasteiger partial charge in [0.05, 0.1) is 12.6 Å². The SMILES string of the molecule is COCC1CCCN(C(=O)C2CNC(C)CN2)C1. The van der Waals surface area contributed by atoms with Gasteiger partial charge in [-0.3, -0.25) is 4.79 Å². The summed E-state index contributed by atoms with van der Waals surface area (Å²) in [6, 6.07) is 0.402. The first kappa shape index (κ1) is 13.8. The number of carbonyl (C=O) groups excluding carboxylic acids is 1. The molecule has 2 aliphatic heterocycles. The van der Waals surface area contributed by atoms with Crippen molar-refractivity contribution in [1.82, 2.24) is 15.5 Å². The van der Waals surface area contributed by atoms with Crippen molar-refractivity contribution in [1.29, 1.82) is 0 Å². The van der Waals surface area contributed by atoms with Crippen LogP contribution >= 0.6 is 0 Å². The summed E-state index contributed by atoms with van der Waals surface area (Å²) in [7, 11) is 1.73. The topological polar surface area (TPSA) is 53.6 Å². The average molecular weight is 255 g/mol. The second-order valence-electron chi connectivity index (χ2n) is 5.52. The lowest BCUT2D eigenvalue weighted by Gasteiger charge is -2.37. The minimum Gasteiger partial charge on any atom is -0.384 e. The lowest BCUT2D eigenvalue weighted by Crippen LogP contribution is -2.60. The van der Waals surface area contributed by atoms with Crippen LogP contribution in [-0.2, 0) is 9.53 Å². The van der Waals surface area contributed by atoms with E-state index in [0.29, 0.717) is 12.0 Å². The van der Waals surface area contributed by atoms with Gasteiger partial charge in [-0.2, -0.15) is 0 Å². The lowest BCUT2D eigenvalue weighted by atomic mass is 9.98. The van der Waals surface area contributed by atoms with Gasteiger partial charge >= 0.3 is 0 Å². The fourth-order valence-electron chi connectivity index (χ4n) is 2.81. The highest BCUT2D eigenvalue weighted by molar-refractivity contribution is 5.82. The molecule has 0 radical (unpaired) electrons. The number of piperazine rings is 1. The van der Waals surface area contributed by atoms with Crippen LogP contribution in [-0.4, -0.2) is 62.8 Å². The maximum Gasteiger partial charge on any atom is 0.241 e. The van der Waals surface area contributed by atoms with Gasteiger partial charge in [0, 0.05) is 39.3 Å². The quantitative estimate of drug-likeness (QED) is 0.735. The summed E-state index contributed by atoms with van der Waals surface area (Å²) in [5.41, 5.74) is 0. The van der Waals surface area contributed by atoms with Gasteiger partial charge in [-0.1, -0.05) is 0 Å². The third-order valence-corrected chi connectivity index (χ3v) is 3.87. The van der Waals surface area contributed by atoms with Gasteiger partial charge in [-0.25, -0.2) is 0 Å². The van der Waals surface area contributed by atoms with E-state index in [1.807, 2.05) is 4.90 Å². The molecular weight excluding hydrogens is 230 g/mol. The van der Waals surface area contributed by atoms with Crippen LogP contribution in [0.5, 0.6) is 0 Å². The summed E-state index contributed by atoms with van der Waals surface area (Å²) >= 11 is 0. The van der Waals surface area contributed by atoms with Gasteiger partial charge < -0.3 is 20.3 Å². The van der Waals surface area contributed by atoms with Crippen molar-refractivity contribution in [3.05, 3.63) is 0 Å². The molecule has 104 valence electrons. The first-order valence-corrected chi connectivity index (χ1v) is 6.95. The highest BCUT2D eigenvalue weighted by atomic mass is 16.5. The normalized spacial score (nSPS) is 33.4. The molecular formula is C13H25N3O2. The molecule has 18 heavy (non-hydrogen) atoms. The van der Waals surface area contributed by atoms with E-state index in [1.165, 1.54) is 6.42 Å². The molecule has 5 nitrogen and oxygen atoms in total. The minimum atomic E-state index is -0.0532. The number of amides is 1. The fourth-order valence-corrected chi connectivity index (χ4v) is 2.81. The van der Waals surface area contributed by atoms with Crippen molar-refractivity contribution >= 4 is 5.91 Å². The summed E-state index contributed by atoms with van der Waals surface area (Å²) in [5, 5.41) is 6.68. The number of nitrogens with zero attached hydrogens (tertiary/aromatic N) is 1. The molecule has 2 saturated heterocycles. The van der Waals surface area contributed by atoms with Gasteiger partial charge in [0.1, 0.15) is 0 Å². The number of ether oxygens (including phenoxy) is 1. The van der Waals surface area contributed by atoms with Crippen LogP contribution in [0.3, 0.4) is 0 Å². The summed E-state index contributed by atoms with van der Waals surface area (Å²) < 4.78 is 5.20. The summed E-state index contributed by atoms with van der Waals surface area (Å²) in [5.74, 6) is 0.748. The average Bonchev–Trinajstić information content (AvgIpc) is 2.39. The largest absolute Gasteiger partial charge is 0.384 e. The molecule has 2 rings (SSSR count). The van der Waals surface area contributed by atoms with Crippen LogP contribution in [0.4, 0.5) is 0 Å².